The van der Waals surface area contributed by atoms with Crippen molar-refractivity contribution in [3.05, 3.63) is 29.3 Å². The second kappa shape index (κ2) is 4.88. The molecule has 10 heteroatoms. The van der Waals surface area contributed by atoms with Gasteiger partial charge in [-0.25, -0.2) is 17.5 Å². The first-order valence-electron chi connectivity index (χ1n) is 6.53. The van der Waals surface area contributed by atoms with Crippen molar-refractivity contribution < 1.29 is 32.7 Å². The number of hydrogen-bond donors (Lipinski definition) is 2. The summed E-state index contributed by atoms with van der Waals surface area (Å²) in [5, 5.41) is 10.9. The maximum atomic E-state index is 12.5. The molecule has 1 aromatic carbocycles. The van der Waals surface area contributed by atoms with Gasteiger partial charge in [0.05, 0.1) is 11.1 Å². The summed E-state index contributed by atoms with van der Waals surface area (Å²) in [6.07, 6.45) is -0.207. The van der Waals surface area contributed by atoms with Crippen LogP contribution in [-0.4, -0.2) is 47.6 Å². The predicted molar refractivity (Wildman–Crippen MR) is 72.9 cm³/mol. The summed E-state index contributed by atoms with van der Waals surface area (Å²) in [7, 11) is -4.35. The highest BCUT2D eigenvalue weighted by molar-refractivity contribution is 7.90. The smallest absolute Gasteiger partial charge is 0.335 e. The van der Waals surface area contributed by atoms with Gasteiger partial charge in [-0.05, 0) is 24.6 Å². The molecule has 0 aromatic heterocycles. The van der Waals surface area contributed by atoms with Crippen LogP contribution < -0.4 is 5.32 Å². The number of aromatic carboxylic acids is 1. The van der Waals surface area contributed by atoms with E-state index in [1.807, 2.05) is 5.32 Å². The lowest BCUT2D eigenvalue weighted by Crippen LogP contribution is -2.54. The number of imide groups is 1. The molecule has 0 saturated carbocycles. The van der Waals surface area contributed by atoms with Gasteiger partial charge in [0, 0.05) is 6.42 Å². The molecule has 0 bridgehead atoms. The van der Waals surface area contributed by atoms with Crippen molar-refractivity contribution in [2.24, 2.45) is 0 Å². The maximum absolute atomic E-state index is 12.5. The quantitative estimate of drug-likeness (QED) is 0.682. The normalized spacial score (nSPS) is 22.7. The number of benzene rings is 1. The summed E-state index contributed by atoms with van der Waals surface area (Å²) in [4.78, 5) is 45.9. The molecule has 2 aliphatic heterocycles. The monoisotopic (exact) mass is 338 g/mol. The highest BCUT2D eigenvalue weighted by atomic mass is 32.2. The molecule has 1 atom stereocenters. The van der Waals surface area contributed by atoms with Gasteiger partial charge < -0.3 is 5.11 Å². The number of nitrogens with zero attached hydrogens (tertiary/aromatic N) is 1. The molecule has 2 N–H and O–H groups in total. The topological polar surface area (TPSA) is 138 Å². The maximum Gasteiger partial charge on any atom is 0.335 e. The Morgan fingerprint density at radius 1 is 1.26 bits per heavy atom. The number of carbonyl (C=O) groups is 4. The first-order chi connectivity index (χ1) is 10.7. The molecule has 23 heavy (non-hydrogen) atoms. The lowest BCUT2D eigenvalue weighted by Gasteiger charge is -2.28. The Balaban J connectivity index is 2.08. The van der Waals surface area contributed by atoms with Gasteiger partial charge in [0.1, 0.15) is 10.9 Å². The predicted octanol–water partition coefficient (Wildman–Crippen LogP) is -0.665. The zero-order valence-corrected chi connectivity index (χ0v) is 12.3. The Bertz CT molecular complexity index is 874. The van der Waals surface area contributed by atoms with E-state index < -0.39 is 44.7 Å². The largest absolute Gasteiger partial charge is 0.478 e. The van der Waals surface area contributed by atoms with Crippen molar-refractivity contribution in [3.63, 3.8) is 0 Å². The molecule has 3 amide bonds. The first kappa shape index (κ1) is 15.2. The van der Waals surface area contributed by atoms with E-state index in [2.05, 4.69) is 0 Å². The number of fused-ring (bicyclic) bond motifs is 1. The van der Waals surface area contributed by atoms with Crippen LogP contribution in [-0.2, 0) is 19.6 Å². The summed E-state index contributed by atoms with van der Waals surface area (Å²) in [6, 6.07) is 1.77. The van der Waals surface area contributed by atoms with Gasteiger partial charge in [-0.1, -0.05) is 0 Å². The number of hydrogen-bond acceptors (Lipinski definition) is 6. The average molecular weight is 338 g/mol. The highest BCUT2D eigenvalue weighted by Crippen LogP contribution is 2.34. The van der Waals surface area contributed by atoms with Gasteiger partial charge in [0.2, 0.25) is 5.91 Å². The van der Waals surface area contributed by atoms with Crippen LogP contribution in [0.2, 0.25) is 0 Å². The van der Waals surface area contributed by atoms with Gasteiger partial charge in [-0.15, -0.1) is 0 Å². The molecule has 1 aromatic rings. The van der Waals surface area contributed by atoms with E-state index in [0.717, 1.165) is 18.2 Å². The summed E-state index contributed by atoms with van der Waals surface area (Å²) >= 11 is 0. The number of carbonyl (C=O) groups excluding carboxylic acids is 3. The third-order valence-corrected chi connectivity index (χ3v) is 5.52. The fourth-order valence-corrected chi connectivity index (χ4v) is 4.37. The van der Waals surface area contributed by atoms with E-state index in [9.17, 15) is 27.6 Å². The Labute approximate surface area is 129 Å². The Morgan fingerprint density at radius 2 is 1.96 bits per heavy atom. The van der Waals surface area contributed by atoms with Crippen LogP contribution >= 0.6 is 0 Å². The summed E-state index contributed by atoms with van der Waals surface area (Å²) in [5.74, 6) is -3.66. The molecule has 9 nitrogen and oxygen atoms in total. The molecule has 1 saturated heterocycles. The zero-order valence-electron chi connectivity index (χ0n) is 11.5. The average Bonchev–Trinajstić information content (AvgIpc) is 2.67. The molecule has 1 fully saturated rings. The molecule has 0 aliphatic carbocycles. The lowest BCUT2D eigenvalue weighted by atomic mass is 10.1. The minimum absolute atomic E-state index is 0.0908. The Kier molecular flexibility index (Phi) is 3.22. The molecule has 0 spiro atoms. The second-order valence-electron chi connectivity index (χ2n) is 5.09. The van der Waals surface area contributed by atoms with Crippen LogP contribution in [0.25, 0.3) is 0 Å². The van der Waals surface area contributed by atoms with Gasteiger partial charge in [0.15, 0.2) is 0 Å². The van der Waals surface area contributed by atoms with Gasteiger partial charge >= 0.3 is 5.97 Å². The van der Waals surface area contributed by atoms with Crippen molar-refractivity contribution >= 4 is 33.7 Å². The van der Waals surface area contributed by atoms with Crippen LogP contribution in [0.15, 0.2) is 23.1 Å². The number of nitrogens with one attached hydrogen (secondary N) is 1. The standard InChI is InChI=1S/C13H10N2O7S/c16-10-4-3-8(11(17)14-10)15-12(18)7-2-1-6(13(19)20)5-9(7)23(15,21)22/h1-2,5,8H,3-4H2,(H,19,20)(H,14,16,17). The molecular formula is C13H10N2O7S. The zero-order chi connectivity index (χ0) is 16.9. The second-order valence-corrected chi connectivity index (χ2v) is 6.87. The van der Waals surface area contributed by atoms with Crippen LogP contribution in [0.5, 0.6) is 0 Å². The lowest BCUT2D eigenvalue weighted by molar-refractivity contribution is -0.135. The third kappa shape index (κ3) is 2.18. The van der Waals surface area contributed by atoms with Crippen molar-refractivity contribution in [1.82, 2.24) is 9.62 Å². The number of carboxylic acid groups (broad SMARTS) is 1. The van der Waals surface area contributed by atoms with E-state index in [1.165, 1.54) is 0 Å². The molecule has 1 unspecified atom stereocenters. The van der Waals surface area contributed by atoms with Gasteiger partial charge in [-0.3, -0.25) is 19.7 Å². The number of rotatable bonds is 2. The van der Waals surface area contributed by atoms with Crippen molar-refractivity contribution in [2.75, 3.05) is 0 Å². The highest BCUT2D eigenvalue weighted by Gasteiger charge is 2.48. The molecule has 2 aliphatic rings. The summed E-state index contributed by atoms with van der Waals surface area (Å²) in [5.41, 5.74) is -0.482. The van der Waals surface area contributed by atoms with Crippen LogP contribution in [0, 0.1) is 0 Å². The molecule has 2 heterocycles. The van der Waals surface area contributed by atoms with E-state index >= 15 is 0 Å². The fraction of sp³-hybridized carbons (Fsp3) is 0.231. The van der Waals surface area contributed by atoms with Crippen LogP contribution in [0.1, 0.15) is 33.6 Å². The van der Waals surface area contributed by atoms with E-state index in [-0.39, 0.29) is 24.0 Å². The minimum Gasteiger partial charge on any atom is -0.478 e. The van der Waals surface area contributed by atoms with E-state index in [1.54, 1.807) is 0 Å². The molecule has 0 radical (unpaired) electrons. The SMILES string of the molecule is O=C1CCC(N2C(=O)c3ccc(C(=O)O)cc3S2(=O)=O)C(=O)N1. The van der Waals surface area contributed by atoms with Crippen LogP contribution in [0.4, 0.5) is 0 Å². The number of sulfonamides is 1. The first-order valence-corrected chi connectivity index (χ1v) is 7.97. The van der Waals surface area contributed by atoms with Gasteiger partial charge in [-0.2, -0.15) is 0 Å². The number of piperidine rings is 1. The van der Waals surface area contributed by atoms with Gasteiger partial charge in [0.25, 0.3) is 21.8 Å². The van der Waals surface area contributed by atoms with Crippen molar-refractivity contribution in [1.29, 1.82) is 0 Å². The Hall–Kier alpha value is -2.75. The Morgan fingerprint density at radius 3 is 2.57 bits per heavy atom. The fourth-order valence-electron chi connectivity index (χ4n) is 2.59. The van der Waals surface area contributed by atoms with Crippen LogP contribution in [0.3, 0.4) is 0 Å². The van der Waals surface area contributed by atoms with Crippen molar-refractivity contribution in [2.45, 2.75) is 23.8 Å². The minimum atomic E-state index is -4.35. The number of amides is 3. The van der Waals surface area contributed by atoms with Crippen molar-refractivity contribution in [3.8, 4) is 0 Å². The molecule has 120 valence electrons. The molecular weight excluding hydrogens is 328 g/mol. The summed E-state index contributed by atoms with van der Waals surface area (Å²) in [6.45, 7) is 0. The summed E-state index contributed by atoms with van der Waals surface area (Å²) < 4.78 is 25.5. The van der Waals surface area contributed by atoms with E-state index in [0.29, 0.717) is 4.31 Å². The third-order valence-electron chi connectivity index (χ3n) is 3.69. The molecule has 3 rings (SSSR count). The van der Waals surface area contributed by atoms with E-state index in [4.69, 9.17) is 5.11 Å². The number of carboxylic acids is 1.